The van der Waals surface area contributed by atoms with Gasteiger partial charge in [0.05, 0.1) is 18.7 Å². The van der Waals surface area contributed by atoms with Crippen LogP contribution in [0.3, 0.4) is 0 Å². The molecule has 0 saturated carbocycles. The second kappa shape index (κ2) is 7.31. The first-order valence-electron chi connectivity index (χ1n) is 6.50. The Balaban J connectivity index is 1.87. The molecule has 0 unspecified atom stereocenters. The summed E-state index contributed by atoms with van der Waals surface area (Å²) in [5.74, 6) is 1.76. The van der Waals surface area contributed by atoms with E-state index in [1.807, 2.05) is 18.2 Å². The number of rotatable bonds is 6. The van der Waals surface area contributed by atoms with Crippen LogP contribution < -0.4 is 14.8 Å². The van der Waals surface area contributed by atoms with Crippen molar-refractivity contribution in [2.24, 2.45) is 0 Å². The van der Waals surface area contributed by atoms with Crippen LogP contribution in [0.1, 0.15) is 11.1 Å². The third-order valence-corrected chi connectivity index (χ3v) is 3.76. The molecule has 0 amide bonds. The van der Waals surface area contributed by atoms with E-state index < -0.39 is 0 Å². The van der Waals surface area contributed by atoms with Gasteiger partial charge in [-0.1, -0.05) is 0 Å². The van der Waals surface area contributed by atoms with Crippen LogP contribution >= 0.6 is 15.9 Å². The maximum absolute atomic E-state index is 5.23. The highest BCUT2D eigenvalue weighted by atomic mass is 79.9. The quantitative estimate of drug-likeness (QED) is 0.880. The van der Waals surface area contributed by atoms with E-state index >= 15 is 0 Å². The Labute approximate surface area is 128 Å². The SMILES string of the molecule is COc1ccc(C[NH2+]Cc2ccc(OC)c(Br)c2)cc1. The number of hydrogen-bond donors (Lipinski definition) is 1. The third-order valence-electron chi connectivity index (χ3n) is 3.14. The molecule has 106 valence electrons. The van der Waals surface area contributed by atoms with Gasteiger partial charge in [-0.05, 0) is 58.4 Å². The van der Waals surface area contributed by atoms with E-state index in [2.05, 4.69) is 45.5 Å². The van der Waals surface area contributed by atoms with E-state index in [4.69, 9.17) is 9.47 Å². The van der Waals surface area contributed by atoms with E-state index in [1.165, 1.54) is 11.1 Å². The Bertz CT molecular complexity index is 555. The molecular formula is C16H19BrNO2+. The molecule has 0 aliphatic carbocycles. The van der Waals surface area contributed by atoms with E-state index in [1.54, 1.807) is 14.2 Å². The number of methoxy groups -OCH3 is 2. The topological polar surface area (TPSA) is 35.1 Å². The van der Waals surface area contributed by atoms with Gasteiger partial charge in [-0.25, -0.2) is 0 Å². The van der Waals surface area contributed by atoms with Crippen LogP contribution in [0.25, 0.3) is 0 Å². The number of halogens is 1. The molecule has 0 aliphatic heterocycles. The zero-order valence-electron chi connectivity index (χ0n) is 11.7. The maximum Gasteiger partial charge on any atom is 0.133 e. The molecule has 2 N–H and O–H groups in total. The van der Waals surface area contributed by atoms with E-state index in [-0.39, 0.29) is 0 Å². The predicted octanol–water partition coefficient (Wildman–Crippen LogP) is 2.73. The van der Waals surface area contributed by atoms with Crippen LogP contribution in [-0.4, -0.2) is 14.2 Å². The summed E-state index contributed by atoms with van der Waals surface area (Å²) < 4.78 is 11.4. The molecular weight excluding hydrogens is 318 g/mol. The second-order valence-electron chi connectivity index (χ2n) is 4.51. The molecule has 0 bridgehead atoms. The summed E-state index contributed by atoms with van der Waals surface area (Å²) in [6, 6.07) is 14.4. The van der Waals surface area contributed by atoms with Gasteiger partial charge in [-0.3, -0.25) is 0 Å². The van der Waals surface area contributed by atoms with Crippen molar-refractivity contribution in [3.8, 4) is 11.5 Å². The predicted molar refractivity (Wildman–Crippen MR) is 83.0 cm³/mol. The van der Waals surface area contributed by atoms with Crippen LogP contribution in [0.15, 0.2) is 46.9 Å². The molecule has 20 heavy (non-hydrogen) atoms. The normalized spacial score (nSPS) is 10.3. The van der Waals surface area contributed by atoms with Crippen molar-refractivity contribution < 1.29 is 14.8 Å². The number of hydrogen-bond acceptors (Lipinski definition) is 2. The zero-order valence-corrected chi connectivity index (χ0v) is 13.3. The molecule has 0 heterocycles. The summed E-state index contributed by atoms with van der Waals surface area (Å²) in [4.78, 5) is 0. The fraction of sp³-hybridized carbons (Fsp3) is 0.250. The first kappa shape index (κ1) is 14.9. The smallest absolute Gasteiger partial charge is 0.133 e. The average Bonchev–Trinajstić information content (AvgIpc) is 2.48. The minimum absolute atomic E-state index is 0.865. The monoisotopic (exact) mass is 336 g/mol. The molecule has 0 atom stereocenters. The Morgan fingerprint density at radius 1 is 0.900 bits per heavy atom. The van der Waals surface area contributed by atoms with Crippen molar-refractivity contribution in [1.29, 1.82) is 0 Å². The lowest BCUT2D eigenvalue weighted by molar-refractivity contribution is -0.686. The van der Waals surface area contributed by atoms with Crippen LogP contribution in [0.2, 0.25) is 0 Å². The minimum Gasteiger partial charge on any atom is -0.497 e. The zero-order chi connectivity index (χ0) is 14.4. The first-order chi connectivity index (χ1) is 9.72. The summed E-state index contributed by atoms with van der Waals surface area (Å²) in [6.07, 6.45) is 0. The summed E-state index contributed by atoms with van der Waals surface area (Å²) in [5, 5.41) is 2.27. The van der Waals surface area contributed by atoms with Crippen molar-refractivity contribution in [3.63, 3.8) is 0 Å². The number of benzene rings is 2. The Kier molecular flexibility index (Phi) is 5.44. The second-order valence-corrected chi connectivity index (χ2v) is 5.37. The first-order valence-corrected chi connectivity index (χ1v) is 7.29. The van der Waals surface area contributed by atoms with Crippen LogP contribution in [-0.2, 0) is 13.1 Å². The molecule has 2 aromatic rings. The lowest BCUT2D eigenvalue weighted by Crippen LogP contribution is -2.80. The standard InChI is InChI=1S/C16H18BrNO2/c1-19-14-6-3-12(4-7-14)10-18-11-13-5-8-16(20-2)15(17)9-13/h3-9,18H,10-11H2,1-2H3/p+1. The van der Waals surface area contributed by atoms with Crippen LogP contribution in [0.4, 0.5) is 0 Å². The van der Waals surface area contributed by atoms with E-state index in [9.17, 15) is 0 Å². The van der Waals surface area contributed by atoms with Crippen molar-refractivity contribution in [3.05, 3.63) is 58.1 Å². The van der Waals surface area contributed by atoms with Crippen molar-refractivity contribution in [2.45, 2.75) is 13.1 Å². The maximum atomic E-state index is 5.23. The van der Waals surface area contributed by atoms with Crippen molar-refractivity contribution >= 4 is 15.9 Å². The number of ether oxygens (including phenoxy) is 2. The fourth-order valence-corrected chi connectivity index (χ4v) is 2.59. The van der Waals surface area contributed by atoms with Gasteiger partial charge in [0.1, 0.15) is 24.6 Å². The van der Waals surface area contributed by atoms with Crippen LogP contribution in [0.5, 0.6) is 11.5 Å². The fourth-order valence-electron chi connectivity index (χ4n) is 2.00. The Morgan fingerprint density at radius 2 is 1.55 bits per heavy atom. The van der Waals surface area contributed by atoms with E-state index in [0.29, 0.717) is 0 Å². The summed E-state index contributed by atoms with van der Waals surface area (Å²) >= 11 is 3.51. The summed E-state index contributed by atoms with van der Waals surface area (Å²) in [6.45, 7) is 1.89. The summed E-state index contributed by atoms with van der Waals surface area (Å²) in [7, 11) is 3.36. The largest absolute Gasteiger partial charge is 0.497 e. The molecule has 4 heteroatoms. The Hall–Kier alpha value is -1.52. The molecule has 0 aliphatic rings. The van der Waals surface area contributed by atoms with E-state index in [0.717, 1.165) is 29.1 Å². The highest BCUT2D eigenvalue weighted by Gasteiger charge is 2.03. The molecule has 0 spiro atoms. The molecule has 2 aromatic carbocycles. The molecule has 2 rings (SSSR count). The van der Waals surface area contributed by atoms with Gasteiger partial charge in [0.2, 0.25) is 0 Å². The molecule has 0 radical (unpaired) electrons. The van der Waals surface area contributed by atoms with Crippen molar-refractivity contribution in [2.75, 3.05) is 14.2 Å². The van der Waals surface area contributed by atoms with Gasteiger partial charge >= 0.3 is 0 Å². The minimum atomic E-state index is 0.865. The molecule has 0 aromatic heterocycles. The van der Waals surface area contributed by atoms with Gasteiger partial charge in [0, 0.05) is 11.1 Å². The van der Waals surface area contributed by atoms with Crippen molar-refractivity contribution in [1.82, 2.24) is 0 Å². The van der Waals surface area contributed by atoms with Gasteiger partial charge in [-0.2, -0.15) is 0 Å². The average molecular weight is 337 g/mol. The lowest BCUT2D eigenvalue weighted by atomic mass is 10.2. The Morgan fingerprint density at radius 3 is 2.15 bits per heavy atom. The highest BCUT2D eigenvalue weighted by molar-refractivity contribution is 9.10. The molecule has 3 nitrogen and oxygen atoms in total. The number of nitrogens with two attached hydrogens (primary N) is 1. The summed E-state index contributed by atoms with van der Waals surface area (Å²) in [5.41, 5.74) is 2.56. The lowest BCUT2D eigenvalue weighted by Gasteiger charge is -2.06. The van der Waals surface area contributed by atoms with Crippen LogP contribution in [0, 0.1) is 0 Å². The number of quaternary nitrogens is 1. The van der Waals surface area contributed by atoms with Gasteiger partial charge in [-0.15, -0.1) is 0 Å². The third kappa shape index (κ3) is 3.99. The van der Waals surface area contributed by atoms with Gasteiger partial charge in [0.25, 0.3) is 0 Å². The van der Waals surface area contributed by atoms with Gasteiger partial charge in [0.15, 0.2) is 0 Å². The highest BCUT2D eigenvalue weighted by Crippen LogP contribution is 2.25. The molecule has 0 saturated heterocycles. The molecule has 0 fully saturated rings. The van der Waals surface area contributed by atoms with Gasteiger partial charge < -0.3 is 14.8 Å².